The zero-order valence-corrected chi connectivity index (χ0v) is 22.1. The molecule has 0 radical (unpaired) electrons. The second kappa shape index (κ2) is 12.0. The first-order chi connectivity index (χ1) is 19.2. The first-order valence-corrected chi connectivity index (χ1v) is 12.3. The SMILES string of the molecule is C=CC(=O)Nc1cc(OC)ccc1Nc1nc(Nc2ccc(N3CCC[C@H]3C(N)=O)cc2OC)ncc1C(N)=O. The molecule has 4 rings (SSSR count). The lowest BCUT2D eigenvalue weighted by molar-refractivity contribution is -0.119. The molecule has 1 saturated heterocycles. The van der Waals surface area contributed by atoms with Crippen molar-refractivity contribution in [2.24, 2.45) is 11.5 Å². The fraction of sp³-hybridized carbons (Fsp3) is 0.222. The van der Waals surface area contributed by atoms with Crippen molar-refractivity contribution < 1.29 is 23.9 Å². The van der Waals surface area contributed by atoms with Gasteiger partial charge in [0, 0.05) is 30.6 Å². The molecular formula is C27H30N8O5. The number of ether oxygens (including phenoxy) is 2. The van der Waals surface area contributed by atoms with Gasteiger partial charge in [-0.1, -0.05) is 6.58 Å². The summed E-state index contributed by atoms with van der Waals surface area (Å²) >= 11 is 0. The summed E-state index contributed by atoms with van der Waals surface area (Å²) in [6.45, 7) is 4.17. The number of aromatic nitrogens is 2. The van der Waals surface area contributed by atoms with Gasteiger partial charge >= 0.3 is 0 Å². The number of primary amides is 2. The minimum atomic E-state index is -0.754. The largest absolute Gasteiger partial charge is 0.497 e. The lowest BCUT2D eigenvalue weighted by Gasteiger charge is -2.25. The maximum Gasteiger partial charge on any atom is 0.254 e. The molecule has 2 aromatic carbocycles. The highest BCUT2D eigenvalue weighted by molar-refractivity contribution is 6.03. The molecule has 1 aliphatic heterocycles. The molecule has 1 atom stereocenters. The molecule has 13 heteroatoms. The summed E-state index contributed by atoms with van der Waals surface area (Å²) in [6.07, 6.45) is 3.97. The van der Waals surface area contributed by atoms with Gasteiger partial charge in [0.2, 0.25) is 17.8 Å². The fourth-order valence-corrected chi connectivity index (χ4v) is 4.35. The minimum Gasteiger partial charge on any atom is -0.497 e. The van der Waals surface area contributed by atoms with Crippen LogP contribution in [0.25, 0.3) is 0 Å². The molecule has 40 heavy (non-hydrogen) atoms. The van der Waals surface area contributed by atoms with Crippen LogP contribution in [0, 0.1) is 0 Å². The first kappa shape index (κ1) is 27.7. The number of rotatable bonds is 11. The van der Waals surface area contributed by atoms with Crippen molar-refractivity contribution in [2.75, 3.05) is 41.6 Å². The van der Waals surface area contributed by atoms with Gasteiger partial charge in [-0.05, 0) is 43.2 Å². The predicted molar refractivity (Wildman–Crippen MR) is 151 cm³/mol. The van der Waals surface area contributed by atoms with Gasteiger partial charge in [0.05, 0.1) is 31.3 Å². The summed E-state index contributed by atoms with van der Waals surface area (Å²) < 4.78 is 10.8. The molecule has 0 unspecified atom stereocenters. The molecule has 1 aliphatic rings. The number of carbonyl (C=O) groups is 3. The highest BCUT2D eigenvalue weighted by atomic mass is 16.5. The van der Waals surface area contributed by atoms with E-state index in [0.717, 1.165) is 18.2 Å². The third-order valence-electron chi connectivity index (χ3n) is 6.32. The average molecular weight is 547 g/mol. The van der Waals surface area contributed by atoms with Crippen LogP contribution in [0.1, 0.15) is 23.2 Å². The molecule has 1 fully saturated rings. The van der Waals surface area contributed by atoms with E-state index < -0.39 is 11.8 Å². The van der Waals surface area contributed by atoms with Crippen LogP contribution in [0.3, 0.4) is 0 Å². The molecule has 1 aromatic heterocycles. The van der Waals surface area contributed by atoms with E-state index in [1.165, 1.54) is 20.4 Å². The number of hydrogen-bond acceptors (Lipinski definition) is 10. The van der Waals surface area contributed by atoms with Crippen LogP contribution in [0.15, 0.2) is 55.3 Å². The Bertz CT molecular complexity index is 1460. The Labute approximate surface area is 230 Å². The average Bonchev–Trinajstić information content (AvgIpc) is 3.44. The van der Waals surface area contributed by atoms with Crippen molar-refractivity contribution in [2.45, 2.75) is 18.9 Å². The Balaban J connectivity index is 1.65. The third kappa shape index (κ3) is 6.04. The van der Waals surface area contributed by atoms with Gasteiger partial charge in [0.25, 0.3) is 5.91 Å². The highest BCUT2D eigenvalue weighted by Gasteiger charge is 2.29. The topological polar surface area (TPSA) is 187 Å². The van der Waals surface area contributed by atoms with Crippen LogP contribution in [-0.4, -0.2) is 54.5 Å². The Morgan fingerprint density at radius 1 is 1.05 bits per heavy atom. The molecule has 208 valence electrons. The maximum atomic E-state index is 12.2. The standard InChI is InChI=1S/C27H30N8O5/c1-4-23(36)31-20-13-16(39-2)8-10-18(20)32-26-17(24(28)37)14-30-27(34-26)33-19-9-7-15(12-22(19)40-3)35-11-5-6-21(35)25(29)38/h4,7-10,12-14,21H,1,5-6,11H2,2-3H3,(H2,28,37)(H2,29,38)(H,31,36)(H2,30,32,33,34)/t21-/m0/s1. The Morgan fingerprint density at radius 2 is 1.82 bits per heavy atom. The van der Waals surface area contributed by atoms with Gasteiger partial charge in [-0.3, -0.25) is 14.4 Å². The number of carbonyl (C=O) groups excluding carboxylic acids is 3. The van der Waals surface area contributed by atoms with Gasteiger partial charge in [-0.2, -0.15) is 4.98 Å². The van der Waals surface area contributed by atoms with Crippen molar-refractivity contribution in [3.05, 3.63) is 60.8 Å². The van der Waals surface area contributed by atoms with Crippen molar-refractivity contribution >= 4 is 52.2 Å². The number of nitrogens with one attached hydrogen (secondary N) is 3. The van der Waals surface area contributed by atoms with E-state index in [2.05, 4.69) is 32.5 Å². The maximum absolute atomic E-state index is 12.2. The molecule has 13 nitrogen and oxygen atoms in total. The van der Waals surface area contributed by atoms with Gasteiger partial charge in [0.15, 0.2) is 0 Å². The summed E-state index contributed by atoms with van der Waals surface area (Å²) in [5, 5.41) is 8.82. The number of benzene rings is 2. The molecule has 7 N–H and O–H groups in total. The molecular weight excluding hydrogens is 516 g/mol. The van der Waals surface area contributed by atoms with Crippen LogP contribution in [-0.2, 0) is 9.59 Å². The third-order valence-corrected chi connectivity index (χ3v) is 6.32. The van der Waals surface area contributed by atoms with Crippen LogP contribution >= 0.6 is 0 Å². The van der Waals surface area contributed by atoms with E-state index in [0.29, 0.717) is 41.5 Å². The number of hydrogen-bond donors (Lipinski definition) is 5. The van der Waals surface area contributed by atoms with E-state index in [1.54, 1.807) is 30.3 Å². The fourth-order valence-electron chi connectivity index (χ4n) is 4.35. The van der Waals surface area contributed by atoms with E-state index in [9.17, 15) is 14.4 Å². The first-order valence-electron chi connectivity index (χ1n) is 12.3. The molecule has 3 aromatic rings. The summed E-state index contributed by atoms with van der Waals surface area (Å²) in [6, 6.07) is 9.96. The zero-order chi connectivity index (χ0) is 28.8. The van der Waals surface area contributed by atoms with Crippen LogP contribution in [0.5, 0.6) is 11.5 Å². The van der Waals surface area contributed by atoms with Crippen LogP contribution in [0.4, 0.5) is 34.5 Å². The summed E-state index contributed by atoms with van der Waals surface area (Å²) in [4.78, 5) is 46.6. The van der Waals surface area contributed by atoms with Gasteiger partial charge in [-0.25, -0.2) is 4.98 Å². The quantitative estimate of drug-likeness (QED) is 0.224. The van der Waals surface area contributed by atoms with E-state index >= 15 is 0 Å². The van der Waals surface area contributed by atoms with Crippen molar-refractivity contribution in [3.8, 4) is 11.5 Å². The van der Waals surface area contributed by atoms with Crippen molar-refractivity contribution in [1.29, 1.82) is 0 Å². The molecule has 3 amide bonds. The second-order valence-corrected chi connectivity index (χ2v) is 8.81. The van der Waals surface area contributed by atoms with E-state index in [-0.39, 0.29) is 29.3 Å². The van der Waals surface area contributed by atoms with Gasteiger partial charge in [-0.15, -0.1) is 0 Å². The van der Waals surface area contributed by atoms with E-state index in [4.69, 9.17) is 20.9 Å². The van der Waals surface area contributed by atoms with Gasteiger partial charge < -0.3 is 41.8 Å². The smallest absolute Gasteiger partial charge is 0.254 e. The summed E-state index contributed by atoms with van der Waals surface area (Å²) in [5.41, 5.74) is 13.3. The van der Waals surface area contributed by atoms with Crippen LogP contribution in [0.2, 0.25) is 0 Å². The number of nitrogens with two attached hydrogens (primary N) is 2. The Kier molecular flexibility index (Phi) is 8.33. The second-order valence-electron chi connectivity index (χ2n) is 8.81. The minimum absolute atomic E-state index is 0.0243. The molecule has 0 spiro atoms. The lowest BCUT2D eigenvalue weighted by atomic mass is 10.2. The zero-order valence-electron chi connectivity index (χ0n) is 22.1. The van der Waals surface area contributed by atoms with E-state index in [1.807, 2.05) is 11.0 Å². The van der Waals surface area contributed by atoms with Crippen LogP contribution < -0.4 is 41.8 Å². The Morgan fingerprint density at radius 3 is 2.50 bits per heavy atom. The monoisotopic (exact) mass is 546 g/mol. The number of anilines is 6. The summed E-state index contributed by atoms with van der Waals surface area (Å²) in [5.74, 6) is -0.350. The summed E-state index contributed by atoms with van der Waals surface area (Å²) in [7, 11) is 3.02. The number of amides is 3. The van der Waals surface area contributed by atoms with Crippen molar-refractivity contribution in [3.63, 3.8) is 0 Å². The highest BCUT2D eigenvalue weighted by Crippen LogP contribution is 2.35. The Hall–Kier alpha value is -5.33. The molecule has 0 aliphatic carbocycles. The molecule has 2 heterocycles. The number of nitrogens with zero attached hydrogens (tertiary/aromatic N) is 3. The lowest BCUT2D eigenvalue weighted by Crippen LogP contribution is -2.40. The normalized spacial score (nSPS) is 14.2. The predicted octanol–water partition coefficient (Wildman–Crippen LogP) is 2.66. The van der Waals surface area contributed by atoms with Gasteiger partial charge in [0.1, 0.15) is 28.9 Å². The molecule has 0 bridgehead atoms. The number of methoxy groups -OCH3 is 2. The van der Waals surface area contributed by atoms with Crippen molar-refractivity contribution in [1.82, 2.24) is 9.97 Å². The molecule has 0 saturated carbocycles.